The predicted molar refractivity (Wildman–Crippen MR) is 63.0 cm³/mol. The number of nitrogens with two attached hydrogens (primary N) is 1. The van der Waals surface area contributed by atoms with E-state index in [-0.39, 0.29) is 23.4 Å². The monoisotopic (exact) mass is 248 g/mol. The summed E-state index contributed by atoms with van der Waals surface area (Å²) in [6.45, 7) is 1.97. The Hall–Kier alpha value is -2.37. The van der Waals surface area contributed by atoms with Crippen molar-refractivity contribution in [3.05, 3.63) is 29.3 Å². The first-order valence-electron chi connectivity index (χ1n) is 5.52. The topological polar surface area (TPSA) is 89.7 Å². The van der Waals surface area contributed by atoms with E-state index < -0.39 is 17.9 Å². The molecule has 2 N–H and O–H groups in total. The number of rotatable bonds is 2. The van der Waals surface area contributed by atoms with E-state index in [1.165, 1.54) is 12.1 Å². The van der Waals surface area contributed by atoms with Gasteiger partial charge < -0.3 is 10.5 Å². The summed E-state index contributed by atoms with van der Waals surface area (Å²) in [4.78, 5) is 36.0. The molecule has 18 heavy (non-hydrogen) atoms. The second-order valence-electron chi connectivity index (χ2n) is 3.83. The molecule has 0 saturated heterocycles. The number of ether oxygens (including phenoxy) is 1. The number of benzene rings is 1. The summed E-state index contributed by atoms with van der Waals surface area (Å²) in [5.41, 5.74) is 6.01. The van der Waals surface area contributed by atoms with Crippen LogP contribution in [0.4, 0.5) is 10.5 Å². The van der Waals surface area contributed by atoms with Crippen molar-refractivity contribution in [2.45, 2.75) is 13.3 Å². The maximum absolute atomic E-state index is 12.0. The molecule has 6 nitrogen and oxygen atoms in total. The molecule has 0 atom stereocenters. The van der Waals surface area contributed by atoms with Crippen LogP contribution in [0.25, 0.3) is 0 Å². The maximum Gasteiger partial charge on any atom is 0.424 e. The Morgan fingerprint density at radius 1 is 1.33 bits per heavy atom. The van der Waals surface area contributed by atoms with Gasteiger partial charge in [0.05, 0.1) is 17.7 Å². The molecule has 0 spiro atoms. The highest BCUT2D eigenvalue weighted by molar-refractivity contribution is 6.29. The summed E-state index contributed by atoms with van der Waals surface area (Å²) in [5.74, 6) is -1.42. The minimum Gasteiger partial charge on any atom is -0.449 e. The van der Waals surface area contributed by atoms with Gasteiger partial charge >= 0.3 is 6.09 Å². The van der Waals surface area contributed by atoms with Crippen LogP contribution in [-0.2, 0) is 4.74 Å². The van der Waals surface area contributed by atoms with Gasteiger partial charge in [0, 0.05) is 5.69 Å². The van der Waals surface area contributed by atoms with Gasteiger partial charge in [0.25, 0.3) is 11.8 Å². The van der Waals surface area contributed by atoms with Crippen molar-refractivity contribution in [1.29, 1.82) is 0 Å². The van der Waals surface area contributed by atoms with Crippen LogP contribution in [0.3, 0.4) is 0 Å². The van der Waals surface area contributed by atoms with Gasteiger partial charge in [-0.3, -0.25) is 9.59 Å². The van der Waals surface area contributed by atoms with Gasteiger partial charge in [-0.15, -0.1) is 0 Å². The van der Waals surface area contributed by atoms with Gasteiger partial charge in [-0.05, 0) is 18.6 Å². The Balaban J connectivity index is 2.34. The van der Waals surface area contributed by atoms with Crippen molar-refractivity contribution in [3.63, 3.8) is 0 Å². The first-order chi connectivity index (χ1) is 8.57. The molecule has 0 aromatic heterocycles. The molecular weight excluding hydrogens is 236 g/mol. The van der Waals surface area contributed by atoms with E-state index in [0.29, 0.717) is 11.3 Å². The molecule has 0 fully saturated rings. The van der Waals surface area contributed by atoms with E-state index in [4.69, 9.17) is 10.5 Å². The van der Waals surface area contributed by atoms with Crippen LogP contribution >= 0.6 is 0 Å². The number of fused-ring (bicyclic) bond motifs is 1. The van der Waals surface area contributed by atoms with E-state index in [9.17, 15) is 14.4 Å². The highest BCUT2D eigenvalue weighted by Gasteiger charge is 2.42. The van der Waals surface area contributed by atoms with Gasteiger partial charge in [-0.1, -0.05) is 13.0 Å². The first-order valence-corrected chi connectivity index (χ1v) is 5.52. The van der Waals surface area contributed by atoms with Crippen molar-refractivity contribution >= 4 is 23.6 Å². The molecule has 2 rings (SSSR count). The van der Waals surface area contributed by atoms with Gasteiger partial charge in [0.1, 0.15) is 0 Å². The second kappa shape index (κ2) is 4.48. The lowest BCUT2D eigenvalue weighted by Gasteiger charge is -2.11. The van der Waals surface area contributed by atoms with Gasteiger partial charge in [0.2, 0.25) is 0 Å². The third-order valence-corrected chi connectivity index (χ3v) is 2.56. The van der Waals surface area contributed by atoms with Crippen molar-refractivity contribution in [1.82, 2.24) is 4.90 Å². The quantitative estimate of drug-likeness (QED) is 0.631. The molecule has 0 bridgehead atoms. The highest BCUT2D eigenvalue weighted by Crippen LogP contribution is 2.27. The Morgan fingerprint density at radius 3 is 2.67 bits per heavy atom. The molecule has 3 amide bonds. The lowest BCUT2D eigenvalue weighted by atomic mass is 10.1. The van der Waals surface area contributed by atoms with Gasteiger partial charge in [-0.25, -0.2) is 4.79 Å². The number of anilines is 1. The number of nitrogens with zero attached hydrogens (tertiary/aromatic N) is 1. The number of hydrogen-bond donors (Lipinski definition) is 1. The van der Waals surface area contributed by atoms with Crippen molar-refractivity contribution in [2.24, 2.45) is 0 Å². The third kappa shape index (κ3) is 1.71. The molecular formula is C12H12N2O4. The van der Waals surface area contributed by atoms with Crippen molar-refractivity contribution in [2.75, 3.05) is 12.3 Å². The van der Waals surface area contributed by atoms with Crippen molar-refractivity contribution < 1.29 is 19.1 Å². The zero-order valence-electron chi connectivity index (χ0n) is 9.80. The molecule has 6 heteroatoms. The fraction of sp³-hybridized carbons (Fsp3) is 0.250. The number of amides is 3. The van der Waals surface area contributed by atoms with E-state index in [0.717, 1.165) is 0 Å². The summed E-state index contributed by atoms with van der Waals surface area (Å²) in [7, 11) is 0. The van der Waals surface area contributed by atoms with E-state index in [2.05, 4.69) is 0 Å². The third-order valence-electron chi connectivity index (χ3n) is 2.56. The highest BCUT2D eigenvalue weighted by atomic mass is 16.6. The van der Waals surface area contributed by atoms with Crippen LogP contribution < -0.4 is 5.73 Å². The zero-order chi connectivity index (χ0) is 13.3. The Labute approximate surface area is 103 Å². The smallest absolute Gasteiger partial charge is 0.424 e. The maximum atomic E-state index is 12.0. The summed E-state index contributed by atoms with van der Waals surface area (Å²) < 4.78 is 4.79. The number of nitrogen functional groups attached to an aromatic ring is 1. The normalized spacial score (nSPS) is 13.7. The Bertz CT molecular complexity index is 539. The molecule has 1 aromatic rings. The van der Waals surface area contributed by atoms with E-state index in [1.54, 1.807) is 6.07 Å². The van der Waals surface area contributed by atoms with E-state index >= 15 is 0 Å². The molecule has 1 aromatic carbocycles. The Morgan fingerprint density at radius 2 is 2.06 bits per heavy atom. The lowest BCUT2D eigenvalue weighted by Crippen LogP contribution is -2.36. The summed E-state index contributed by atoms with van der Waals surface area (Å²) >= 11 is 0. The molecule has 0 unspecified atom stereocenters. The fourth-order valence-electron chi connectivity index (χ4n) is 1.73. The van der Waals surface area contributed by atoms with Crippen LogP contribution in [0.2, 0.25) is 0 Å². The molecule has 0 radical (unpaired) electrons. The van der Waals surface area contributed by atoms with Crippen LogP contribution in [0.1, 0.15) is 34.1 Å². The molecule has 0 saturated carbocycles. The van der Waals surface area contributed by atoms with Crippen molar-refractivity contribution in [3.8, 4) is 0 Å². The van der Waals surface area contributed by atoms with Gasteiger partial charge in [0.15, 0.2) is 0 Å². The average molecular weight is 248 g/mol. The molecule has 1 heterocycles. The fourth-order valence-corrected chi connectivity index (χ4v) is 1.73. The predicted octanol–water partition coefficient (Wildman–Crippen LogP) is 1.41. The van der Waals surface area contributed by atoms with E-state index in [1.807, 2.05) is 6.92 Å². The largest absolute Gasteiger partial charge is 0.449 e. The minimum atomic E-state index is -0.956. The lowest BCUT2D eigenvalue weighted by molar-refractivity contribution is 0.0587. The minimum absolute atomic E-state index is 0.0657. The number of carbonyl (C=O) groups is 3. The summed E-state index contributed by atoms with van der Waals surface area (Å²) in [5, 5.41) is 0. The van der Waals surface area contributed by atoms with Gasteiger partial charge in [-0.2, -0.15) is 4.90 Å². The number of hydrogen-bond acceptors (Lipinski definition) is 5. The Kier molecular flexibility index (Phi) is 3.01. The van der Waals surface area contributed by atoms with Crippen LogP contribution in [0.15, 0.2) is 18.2 Å². The molecule has 1 aliphatic heterocycles. The van der Waals surface area contributed by atoms with Crippen LogP contribution in [0, 0.1) is 0 Å². The zero-order valence-corrected chi connectivity index (χ0v) is 9.80. The number of carbonyl (C=O) groups excluding carboxylic acids is 3. The van der Waals surface area contributed by atoms with Crippen LogP contribution in [-0.4, -0.2) is 29.4 Å². The standard InChI is InChI=1S/C12H12N2O4/c1-2-6-18-12(17)14-10(15)7-4-3-5-8(13)9(7)11(14)16/h3-5H,2,6,13H2,1H3. The molecule has 94 valence electrons. The first kappa shape index (κ1) is 12.1. The second-order valence-corrected chi connectivity index (χ2v) is 3.83. The van der Waals surface area contributed by atoms with Crippen LogP contribution in [0.5, 0.6) is 0 Å². The average Bonchev–Trinajstić information content (AvgIpc) is 2.60. The summed E-state index contributed by atoms with van der Waals surface area (Å²) in [6, 6.07) is 4.52. The summed E-state index contributed by atoms with van der Waals surface area (Å²) in [6.07, 6.45) is -0.348. The molecule has 0 aliphatic carbocycles. The SMILES string of the molecule is CCCOC(=O)N1C(=O)c2cccc(N)c2C1=O. The number of imide groups is 3. The molecule has 1 aliphatic rings.